The molecule has 0 unspecified atom stereocenters. The Bertz CT molecular complexity index is 262. The Morgan fingerprint density at radius 2 is 2.30 bits per heavy atom. The molecule has 1 aromatic rings. The minimum absolute atomic E-state index is 0.910. The van der Waals surface area contributed by atoms with Gasteiger partial charge in [0.05, 0.1) is 11.3 Å². The third-order valence-electron chi connectivity index (χ3n) is 2.19. The third-order valence-corrected chi connectivity index (χ3v) is 2.19. The highest BCUT2D eigenvalue weighted by molar-refractivity contribution is 5.40. The van der Waals surface area contributed by atoms with E-state index in [-0.39, 0.29) is 0 Å². The summed E-state index contributed by atoms with van der Waals surface area (Å²) in [7, 11) is 1.95. The number of hydrogen-bond acceptors (Lipinski definition) is 1. The Morgan fingerprint density at radius 3 is 3.00 bits per heavy atom. The van der Waals surface area contributed by atoms with Crippen LogP contribution in [0.2, 0.25) is 0 Å². The number of fused-ring (bicyclic) bond motifs is 1. The second-order valence-corrected chi connectivity index (χ2v) is 2.87. The molecule has 1 aliphatic rings. The van der Waals surface area contributed by atoms with Gasteiger partial charge in [-0.25, -0.2) is 5.10 Å². The van der Waals surface area contributed by atoms with Crippen molar-refractivity contribution >= 4 is 5.82 Å². The fraction of sp³-hybridized carbons (Fsp3) is 0.571. The predicted molar refractivity (Wildman–Crippen MR) is 38.4 cm³/mol. The molecule has 0 radical (unpaired) electrons. The molecular formula is C7H12N3+. The first-order valence-corrected chi connectivity index (χ1v) is 3.64. The van der Waals surface area contributed by atoms with Crippen LogP contribution >= 0.6 is 0 Å². The van der Waals surface area contributed by atoms with Gasteiger partial charge in [-0.1, -0.05) is 0 Å². The molecule has 2 rings (SSSR count). The lowest BCUT2D eigenvalue weighted by Gasteiger charge is -1.87. The molecule has 0 atom stereocenters. The number of nitrogens with zero attached hydrogens (tertiary/aromatic N) is 1. The summed E-state index contributed by atoms with van der Waals surface area (Å²) in [5.74, 6) is 0.910. The SMILES string of the molecule is C[n+]1[nH]c2c(c1N)CCC2. The number of anilines is 1. The van der Waals surface area contributed by atoms with E-state index >= 15 is 0 Å². The highest BCUT2D eigenvalue weighted by atomic mass is 15.3. The number of nitrogen functional groups attached to an aromatic ring is 1. The largest absolute Gasteiger partial charge is 0.295 e. The van der Waals surface area contributed by atoms with Gasteiger partial charge in [0.1, 0.15) is 7.05 Å². The molecule has 0 amide bonds. The van der Waals surface area contributed by atoms with E-state index in [0.29, 0.717) is 0 Å². The van der Waals surface area contributed by atoms with Crippen LogP contribution in [0.1, 0.15) is 17.7 Å². The van der Waals surface area contributed by atoms with E-state index in [1.807, 2.05) is 11.7 Å². The molecule has 0 bridgehead atoms. The van der Waals surface area contributed by atoms with E-state index in [9.17, 15) is 0 Å². The van der Waals surface area contributed by atoms with Gasteiger partial charge in [-0.15, -0.1) is 0 Å². The molecule has 0 spiro atoms. The predicted octanol–water partition coefficient (Wildman–Crippen LogP) is -0.0899. The molecule has 3 heteroatoms. The molecule has 0 saturated heterocycles. The number of aromatic amines is 1. The quantitative estimate of drug-likeness (QED) is 0.483. The second-order valence-electron chi connectivity index (χ2n) is 2.87. The fourth-order valence-electron chi connectivity index (χ4n) is 1.61. The Kier molecular flexibility index (Phi) is 1.01. The van der Waals surface area contributed by atoms with Crippen LogP contribution < -0.4 is 10.4 Å². The van der Waals surface area contributed by atoms with Gasteiger partial charge in [0.2, 0.25) is 0 Å². The van der Waals surface area contributed by atoms with Crippen molar-refractivity contribution in [3.63, 3.8) is 0 Å². The number of aromatic nitrogens is 2. The Morgan fingerprint density at radius 1 is 1.50 bits per heavy atom. The molecule has 0 fully saturated rings. The zero-order valence-corrected chi connectivity index (χ0v) is 6.15. The smallest absolute Gasteiger partial charge is 0.285 e. The molecule has 1 heterocycles. The van der Waals surface area contributed by atoms with Gasteiger partial charge in [-0.05, 0) is 19.3 Å². The number of nitrogens with two attached hydrogens (primary N) is 1. The summed E-state index contributed by atoms with van der Waals surface area (Å²) < 4.78 is 1.89. The van der Waals surface area contributed by atoms with Gasteiger partial charge in [0.25, 0.3) is 5.82 Å². The van der Waals surface area contributed by atoms with Crippen molar-refractivity contribution in [3.05, 3.63) is 11.3 Å². The van der Waals surface area contributed by atoms with Crippen molar-refractivity contribution in [1.82, 2.24) is 5.10 Å². The third kappa shape index (κ3) is 0.574. The highest BCUT2D eigenvalue weighted by Crippen LogP contribution is 2.22. The Balaban J connectivity index is 2.59. The number of aryl methyl sites for hydroxylation is 2. The molecular weight excluding hydrogens is 126 g/mol. The molecule has 54 valence electrons. The summed E-state index contributed by atoms with van der Waals surface area (Å²) in [6.45, 7) is 0. The first-order chi connectivity index (χ1) is 4.79. The standard InChI is InChI=1S/C7H11N3/c1-10-7(8)5-3-2-4-6(5)9-10/h2-4H2,1H3,(H2,8,9)/p+1. The van der Waals surface area contributed by atoms with Crippen molar-refractivity contribution in [2.75, 3.05) is 5.73 Å². The molecule has 10 heavy (non-hydrogen) atoms. The van der Waals surface area contributed by atoms with Gasteiger partial charge >= 0.3 is 0 Å². The van der Waals surface area contributed by atoms with Crippen LogP contribution in [0.25, 0.3) is 0 Å². The lowest BCUT2D eigenvalue weighted by molar-refractivity contribution is -0.713. The van der Waals surface area contributed by atoms with Crippen LogP contribution in [-0.2, 0) is 19.9 Å². The monoisotopic (exact) mass is 138 g/mol. The zero-order chi connectivity index (χ0) is 7.14. The van der Waals surface area contributed by atoms with Gasteiger partial charge in [0.15, 0.2) is 0 Å². The van der Waals surface area contributed by atoms with Crippen LogP contribution in [0, 0.1) is 0 Å². The minimum atomic E-state index is 0.910. The van der Waals surface area contributed by atoms with E-state index in [1.54, 1.807) is 0 Å². The lowest BCUT2D eigenvalue weighted by atomic mass is 10.3. The van der Waals surface area contributed by atoms with Crippen LogP contribution in [0.4, 0.5) is 5.82 Å². The molecule has 0 aliphatic heterocycles. The van der Waals surface area contributed by atoms with Crippen LogP contribution in [0.3, 0.4) is 0 Å². The Hall–Kier alpha value is -0.990. The number of H-pyrrole nitrogens is 1. The molecule has 3 nitrogen and oxygen atoms in total. The molecule has 0 aromatic carbocycles. The maximum atomic E-state index is 5.79. The first-order valence-electron chi connectivity index (χ1n) is 3.64. The summed E-state index contributed by atoms with van der Waals surface area (Å²) in [4.78, 5) is 0. The van der Waals surface area contributed by atoms with E-state index in [2.05, 4.69) is 5.10 Å². The summed E-state index contributed by atoms with van der Waals surface area (Å²) in [6.07, 6.45) is 3.57. The Labute approximate surface area is 59.8 Å². The second kappa shape index (κ2) is 1.75. The van der Waals surface area contributed by atoms with Gasteiger partial charge < -0.3 is 0 Å². The van der Waals surface area contributed by atoms with Gasteiger partial charge in [0, 0.05) is 0 Å². The normalized spacial score (nSPS) is 15.7. The molecule has 3 N–H and O–H groups in total. The van der Waals surface area contributed by atoms with E-state index < -0.39 is 0 Å². The maximum absolute atomic E-state index is 5.79. The summed E-state index contributed by atoms with van der Waals surface area (Å²) in [5, 5.41) is 3.22. The summed E-state index contributed by atoms with van der Waals surface area (Å²) in [5.41, 5.74) is 8.45. The maximum Gasteiger partial charge on any atom is 0.295 e. The fourth-order valence-corrected chi connectivity index (χ4v) is 1.61. The zero-order valence-electron chi connectivity index (χ0n) is 6.15. The average Bonchev–Trinajstić information content (AvgIpc) is 2.41. The van der Waals surface area contributed by atoms with Gasteiger partial charge in [-0.2, -0.15) is 4.68 Å². The van der Waals surface area contributed by atoms with E-state index in [0.717, 1.165) is 12.2 Å². The van der Waals surface area contributed by atoms with Crippen molar-refractivity contribution in [2.45, 2.75) is 19.3 Å². The van der Waals surface area contributed by atoms with Crippen molar-refractivity contribution in [2.24, 2.45) is 7.05 Å². The summed E-state index contributed by atoms with van der Waals surface area (Å²) >= 11 is 0. The van der Waals surface area contributed by atoms with Crippen LogP contribution in [0.15, 0.2) is 0 Å². The number of hydrogen-bond donors (Lipinski definition) is 2. The van der Waals surface area contributed by atoms with Crippen molar-refractivity contribution in [3.8, 4) is 0 Å². The summed E-state index contributed by atoms with van der Waals surface area (Å²) in [6, 6.07) is 0. The molecule has 0 saturated carbocycles. The molecule has 1 aromatic heterocycles. The molecule has 1 aliphatic carbocycles. The topological polar surface area (TPSA) is 45.7 Å². The van der Waals surface area contributed by atoms with E-state index in [4.69, 9.17) is 5.73 Å². The average molecular weight is 138 g/mol. The van der Waals surface area contributed by atoms with Crippen molar-refractivity contribution < 1.29 is 4.68 Å². The number of rotatable bonds is 0. The lowest BCUT2D eigenvalue weighted by Crippen LogP contribution is -2.33. The van der Waals surface area contributed by atoms with Crippen LogP contribution in [-0.4, -0.2) is 5.10 Å². The van der Waals surface area contributed by atoms with Gasteiger partial charge in [-0.3, -0.25) is 5.73 Å². The van der Waals surface area contributed by atoms with E-state index in [1.165, 1.54) is 24.1 Å². The van der Waals surface area contributed by atoms with Crippen LogP contribution in [0.5, 0.6) is 0 Å². The minimum Gasteiger partial charge on any atom is -0.285 e. The number of nitrogens with one attached hydrogen (secondary N) is 1. The first kappa shape index (κ1) is 5.77. The highest BCUT2D eigenvalue weighted by Gasteiger charge is 2.22. The van der Waals surface area contributed by atoms with Crippen molar-refractivity contribution in [1.29, 1.82) is 0 Å².